The van der Waals surface area contributed by atoms with E-state index < -0.39 is 12.1 Å². The largest absolute Gasteiger partial charge is 0.369 e. The summed E-state index contributed by atoms with van der Waals surface area (Å²) in [5.41, 5.74) is 1.14. The predicted molar refractivity (Wildman–Crippen MR) is 103 cm³/mol. The van der Waals surface area contributed by atoms with Crippen LogP contribution < -0.4 is 5.32 Å². The molecule has 1 aliphatic rings. The number of hydrogen-bond acceptors (Lipinski definition) is 5. The van der Waals surface area contributed by atoms with Crippen molar-refractivity contribution in [1.29, 1.82) is 5.26 Å². The minimum atomic E-state index is -0.558. The van der Waals surface area contributed by atoms with Gasteiger partial charge in [0.2, 0.25) is 5.91 Å². The molecule has 1 heterocycles. The zero-order chi connectivity index (χ0) is 19.1. The molecule has 1 aromatic carbocycles. The van der Waals surface area contributed by atoms with Crippen molar-refractivity contribution in [2.24, 2.45) is 5.92 Å². The van der Waals surface area contributed by atoms with E-state index in [4.69, 9.17) is 10.00 Å². The van der Waals surface area contributed by atoms with Crippen LogP contribution in [0.15, 0.2) is 24.3 Å². The van der Waals surface area contributed by atoms with Crippen molar-refractivity contribution in [3.05, 3.63) is 29.8 Å². The average Bonchev–Trinajstić information content (AvgIpc) is 3.11. The summed E-state index contributed by atoms with van der Waals surface area (Å²) in [6.45, 7) is 6.49. The molecule has 26 heavy (non-hydrogen) atoms. The van der Waals surface area contributed by atoms with Crippen LogP contribution in [0.3, 0.4) is 0 Å². The number of nitrogens with one attached hydrogen (secondary N) is 1. The predicted octanol–water partition coefficient (Wildman–Crippen LogP) is 2.85. The second kappa shape index (κ2) is 9.60. The fraction of sp³-hybridized carbons (Fsp3) is 0.526. The van der Waals surface area contributed by atoms with Gasteiger partial charge in [0.15, 0.2) is 0 Å². The SMILES string of the molecule is CC(C)CCOC(C)C(=O)N1CSCC1C(=O)Nc1ccc(C#N)cc1. The van der Waals surface area contributed by atoms with Crippen molar-refractivity contribution >= 4 is 29.3 Å². The van der Waals surface area contributed by atoms with E-state index in [1.165, 1.54) is 0 Å². The van der Waals surface area contributed by atoms with E-state index in [1.54, 1.807) is 47.9 Å². The molecule has 2 amide bonds. The molecule has 0 spiro atoms. The number of anilines is 1. The van der Waals surface area contributed by atoms with Crippen LogP contribution in [-0.2, 0) is 14.3 Å². The summed E-state index contributed by atoms with van der Waals surface area (Å²) in [6.07, 6.45) is 0.340. The first-order valence-electron chi connectivity index (χ1n) is 8.73. The highest BCUT2D eigenvalue weighted by Gasteiger charge is 2.36. The van der Waals surface area contributed by atoms with Gasteiger partial charge in [0.25, 0.3) is 5.91 Å². The van der Waals surface area contributed by atoms with Crippen molar-refractivity contribution in [2.45, 2.75) is 39.3 Å². The smallest absolute Gasteiger partial charge is 0.252 e. The number of nitriles is 1. The van der Waals surface area contributed by atoms with E-state index in [-0.39, 0.29) is 11.8 Å². The molecule has 1 N–H and O–H groups in total. The summed E-state index contributed by atoms with van der Waals surface area (Å²) in [6, 6.07) is 8.18. The highest BCUT2D eigenvalue weighted by molar-refractivity contribution is 7.99. The van der Waals surface area contributed by atoms with Gasteiger partial charge >= 0.3 is 0 Å². The van der Waals surface area contributed by atoms with Crippen LogP contribution in [0, 0.1) is 17.2 Å². The standard InChI is InChI=1S/C19H25N3O3S/c1-13(2)8-9-25-14(3)19(24)22-12-26-11-17(22)18(23)21-16-6-4-15(10-20)5-7-16/h4-7,13-14,17H,8-9,11-12H2,1-3H3,(H,21,23). The minimum Gasteiger partial charge on any atom is -0.369 e. The molecule has 140 valence electrons. The zero-order valence-corrected chi connectivity index (χ0v) is 16.2. The number of carbonyl (C=O) groups excluding carboxylic acids is 2. The van der Waals surface area contributed by atoms with Crippen molar-refractivity contribution < 1.29 is 14.3 Å². The van der Waals surface area contributed by atoms with E-state index >= 15 is 0 Å². The third kappa shape index (κ3) is 5.48. The van der Waals surface area contributed by atoms with Crippen molar-refractivity contribution in [3.8, 4) is 6.07 Å². The number of rotatable bonds is 7. The molecule has 1 saturated heterocycles. The fourth-order valence-corrected chi connectivity index (χ4v) is 3.68. The van der Waals surface area contributed by atoms with Crippen LogP contribution in [0.2, 0.25) is 0 Å². The van der Waals surface area contributed by atoms with Gasteiger partial charge < -0.3 is 15.0 Å². The summed E-state index contributed by atoms with van der Waals surface area (Å²) in [7, 11) is 0. The van der Waals surface area contributed by atoms with Gasteiger partial charge in [0.1, 0.15) is 12.1 Å². The molecule has 6 nitrogen and oxygen atoms in total. The Hall–Kier alpha value is -2.04. The molecule has 0 aromatic heterocycles. The monoisotopic (exact) mass is 375 g/mol. The van der Waals surface area contributed by atoms with Gasteiger partial charge in [-0.05, 0) is 43.5 Å². The van der Waals surface area contributed by atoms with E-state index in [0.29, 0.717) is 35.4 Å². The normalized spacial score (nSPS) is 17.8. The van der Waals surface area contributed by atoms with Gasteiger partial charge in [0, 0.05) is 18.0 Å². The van der Waals surface area contributed by atoms with E-state index in [9.17, 15) is 9.59 Å². The Bertz CT molecular complexity index is 670. The quantitative estimate of drug-likeness (QED) is 0.792. The number of nitrogens with zero attached hydrogens (tertiary/aromatic N) is 2. The third-order valence-corrected chi connectivity index (χ3v) is 5.17. The molecule has 1 fully saturated rings. The van der Waals surface area contributed by atoms with E-state index in [0.717, 1.165) is 6.42 Å². The maximum absolute atomic E-state index is 12.6. The van der Waals surface area contributed by atoms with E-state index in [2.05, 4.69) is 19.2 Å². The number of carbonyl (C=O) groups is 2. The number of hydrogen-bond donors (Lipinski definition) is 1. The molecule has 0 aliphatic carbocycles. The van der Waals surface area contributed by atoms with Gasteiger partial charge in [-0.3, -0.25) is 9.59 Å². The molecule has 2 rings (SSSR count). The van der Waals surface area contributed by atoms with Crippen molar-refractivity contribution in [1.82, 2.24) is 4.90 Å². The van der Waals surface area contributed by atoms with Crippen LogP contribution in [0.5, 0.6) is 0 Å². The number of thioether (sulfide) groups is 1. The topological polar surface area (TPSA) is 82.4 Å². The Morgan fingerprint density at radius 2 is 2.04 bits per heavy atom. The Kier molecular flexibility index (Phi) is 7.49. The lowest BCUT2D eigenvalue weighted by molar-refractivity contribution is -0.145. The molecule has 7 heteroatoms. The second-order valence-corrected chi connectivity index (χ2v) is 7.70. The maximum atomic E-state index is 12.6. The molecule has 1 aromatic rings. The molecule has 1 aliphatic heterocycles. The Balaban J connectivity index is 1.94. The van der Waals surface area contributed by atoms with Crippen molar-refractivity contribution in [3.63, 3.8) is 0 Å². The Labute approximate surface area is 158 Å². The summed E-state index contributed by atoms with van der Waals surface area (Å²) < 4.78 is 5.64. The van der Waals surface area contributed by atoms with Gasteiger partial charge in [-0.2, -0.15) is 5.26 Å². The van der Waals surface area contributed by atoms with Crippen LogP contribution in [0.1, 0.15) is 32.8 Å². The van der Waals surface area contributed by atoms with Gasteiger partial charge in [-0.1, -0.05) is 13.8 Å². The first-order valence-corrected chi connectivity index (χ1v) is 9.88. The molecule has 0 saturated carbocycles. The summed E-state index contributed by atoms with van der Waals surface area (Å²) >= 11 is 1.56. The van der Waals surface area contributed by atoms with Crippen molar-refractivity contribution in [2.75, 3.05) is 23.6 Å². The number of benzene rings is 1. The second-order valence-electron chi connectivity index (χ2n) is 6.70. The lowest BCUT2D eigenvalue weighted by Crippen LogP contribution is -2.48. The molecule has 2 atom stereocenters. The van der Waals surface area contributed by atoms with E-state index in [1.807, 2.05) is 6.07 Å². The number of amides is 2. The Morgan fingerprint density at radius 3 is 2.65 bits per heavy atom. The Morgan fingerprint density at radius 1 is 1.35 bits per heavy atom. The minimum absolute atomic E-state index is 0.154. The van der Waals surface area contributed by atoms with Crippen LogP contribution in [0.25, 0.3) is 0 Å². The first-order chi connectivity index (χ1) is 12.4. The van der Waals surface area contributed by atoms with Gasteiger partial charge in [-0.15, -0.1) is 11.8 Å². The highest BCUT2D eigenvalue weighted by atomic mass is 32.2. The molecule has 0 bridgehead atoms. The average molecular weight is 375 g/mol. The summed E-state index contributed by atoms with van der Waals surface area (Å²) in [4.78, 5) is 26.8. The lowest BCUT2D eigenvalue weighted by atomic mass is 10.1. The summed E-state index contributed by atoms with van der Waals surface area (Å²) in [5.74, 6) is 1.20. The number of ether oxygens (including phenoxy) is 1. The molecular weight excluding hydrogens is 350 g/mol. The summed E-state index contributed by atoms with van der Waals surface area (Å²) in [5, 5.41) is 11.6. The van der Waals surface area contributed by atoms with Gasteiger partial charge in [0.05, 0.1) is 17.5 Å². The zero-order valence-electron chi connectivity index (χ0n) is 15.4. The first kappa shape index (κ1) is 20.3. The van der Waals surface area contributed by atoms with Gasteiger partial charge in [-0.25, -0.2) is 0 Å². The maximum Gasteiger partial charge on any atom is 0.252 e. The van der Waals surface area contributed by atoms with Crippen LogP contribution in [-0.4, -0.2) is 47.1 Å². The molecular formula is C19H25N3O3S. The molecule has 0 radical (unpaired) electrons. The van der Waals surface area contributed by atoms with Crippen LogP contribution in [0.4, 0.5) is 5.69 Å². The fourth-order valence-electron chi connectivity index (χ4n) is 2.52. The molecule has 2 unspecified atom stereocenters. The highest BCUT2D eigenvalue weighted by Crippen LogP contribution is 2.24. The van der Waals surface area contributed by atoms with Crippen LogP contribution >= 0.6 is 11.8 Å². The third-order valence-electron chi connectivity index (χ3n) is 4.16. The lowest BCUT2D eigenvalue weighted by Gasteiger charge is -2.26.